The van der Waals surface area contributed by atoms with Crippen LogP contribution in [0.4, 0.5) is 0 Å². The molecule has 0 N–H and O–H groups in total. The first-order chi connectivity index (χ1) is 12.7. The number of hydrogen-bond donors (Lipinski definition) is 0. The molecule has 3 heterocycles. The van der Waals surface area contributed by atoms with E-state index in [9.17, 15) is 9.59 Å². The number of carbonyl (C=O) groups excluding carboxylic acids is 2. The first-order valence-corrected chi connectivity index (χ1v) is 9.43. The van der Waals surface area contributed by atoms with E-state index in [1.54, 1.807) is 17.3 Å². The maximum atomic E-state index is 12.8. The van der Waals surface area contributed by atoms with Crippen LogP contribution in [0.25, 0.3) is 0 Å². The lowest BCUT2D eigenvalue weighted by molar-refractivity contribution is -0.137. The summed E-state index contributed by atoms with van der Waals surface area (Å²) in [6, 6.07) is 3.82. The fourth-order valence-electron chi connectivity index (χ4n) is 3.59. The van der Waals surface area contributed by atoms with Crippen molar-refractivity contribution >= 4 is 11.8 Å². The first kappa shape index (κ1) is 18.8. The molecule has 0 aliphatic carbocycles. The molecular weight excluding hydrogens is 332 g/mol. The summed E-state index contributed by atoms with van der Waals surface area (Å²) in [5.41, 5.74) is 0.997. The quantitative estimate of drug-likeness (QED) is 0.667. The van der Waals surface area contributed by atoms with E-state index in [1.165, 1.54) is 0 Å². The average Bonchev–Trinajstić information content (AvgIpc) is 3.03. The molecule has 0 unspecified atom stereocenters. The van der Waals surface area contributed by atoms with Crippen LogP contribution in [0, 0.1) is 5.92 Å². The van der Waals surface area contributed by atoms with Gasteiger partial charge in [-0.2, -0.15) is 0 Å². The number of pyridine rings is 1. The molecule has 0 aromatic carbocycles. The smallest absolute Gasteiger partial charge is 0.228 e. The Morgan fingerprint density at radius 1 is 1.31 bits per heavy atom. The molecule has 2 aliphatic rings. The molecule has 1 aromatic rings. The van der Waals surface area contributed by atoms with Gasteiger partial charge >= 0.3 is 0 Å². The zero-order chi connectivity index (χ0) is 18.4. The predicted molar refractivity (Wildman–Crippen MR) is 97.3 cm³/mol. The number of piperazine rings is 1. The molecule has 2 fully saturated rings. The number of ether oxygens (including phenoxy) is 1. The van der Waals surface area contributed by atoms with Gasteiger partial charge in [0.15, 0.2) is 0 Å². The van der Waals surface area contributed by atoms with Gasteiger partial charge in [0.1, 0.15) is 0 Å². The average molecular weight is 360 g/mol. The third kappa shape index (κ3) is 4.80. The van der Waals surface area contributed by atoms with Gasteiger partial charge in [0, 0.05) is 71.2 Å². The summed E-state index contributed by atoms with van der Waals surface area (Å²) < 4.78 is 5.39. The van der Waals surface area contributed by atoms with Crippen molar-refractivity contribution in [1.82, 2.24) is 19.7 Å². The Labute approximate surface area is 154 Å². The normalized spacial score (nSPS) is 21.4. The molecule has 1 aromatic heterocycles. The van der Waals surface area contributed by atoms with Crippen LogP contribution in [0.15, 0.2) is 24.5 Å². The monoisotopic (exact) mass is 360 g/mol. The second-order valence-electron chi connectivity index (χ2n) is 6.90. The second-order valence-corrected chi connectivity index (χ2v) is 6.90. The molecule has 2 saturated heterocycles. The summed E-state index contributed by atoms with van der Waals surface area (Å²) in [4.78, 5) is 35.2. The molecule has 0 radical (unpaired) electrons. The van der Waals surface area contributed by atoms with Crippen LogP contribution in [0.3, 0.4) is 0 Å². The van der Waals surface area contributed by atoms with Crippen LogP contribution in [0.2, 0.25) is 0 Å². The molecule has 142 valence electrons. The van der Waals surface area contributed by atoms with E-state index in [1.807, 2.05) is 24.0 Å². The summed E-state index contributed by atoms with van der Waals surface area (Å²) in [5, 5.41) is 0. The highest BCUT2D eigenvalue weighted by molar-refractivity contribution is 5.89. The molecule has 26 heavy (non-hydrogen) atoms. The van der Waals surface area contributed by atoms with Gasteiger partial charge in [-0.15, -0.1) is 0 Å². The maximum Gasteiger partial charge on any atom is 0.228 e. The number of rotatable bonds is 7. The van der Waals surface area contributed by atoms with E-state index >= 15 is 0 Å². The highest BCUT2D eigenvalue weighted by Crippen LogP contribution is 2.22. The van der Waals surface area contributed by atoms with E-state index in [4.69, 9.17) is 4.74 Å². The summed E-state index contributed by atoms with van der Waals surface area (Å²) in [7, 11) is 0. The molecule has 2 aliphatic heterocycles. The minimum atomic E-state index is -0.214. The molecule has 0 bridgehead atoms. The van der Waals surface area contributed by atoms with E-state index in [2.05, 4.69) is 9.88 Å². The molecular formula is C19H28N4O3. The highest BCUT2D eigenvalue weighted by Gasteiger charge is 2.37. The van der Waals surface area contributed by atoms with E-state index < -0.39 is 0 Å². The van der Waals surface area contributed by atoms with Gasteiger partial charge in [-0.1, -0.05) is 6.07 Å². The van der Waals surface area contributed by atoms with Crippen molar-refractivity contribution in [1.29, 1.82) is 0 Å². The fourth-order valence-corrected chi connectivity index (χ4v) is 3.59. The third-order valence-electron chi connectivity index (χ3n) is 5.10. The number of amides is 2. The summed E-state index contributed by atoms with van der Waals surface area (Å²) in [5.74, 6) is -0.0341. The van der Waals surface area contributed by atoms with E-state index in [0.29, 0.717) is 19.5 Å². The fraction of sp³-hybridized carbons (Fsp3) is 0.632. The minimum absolute atomic E-state index is 0.0579. The van der Waals surface area contributed by atoms with Crippen LogP contribution < -0.4 is 0 Å². The Kier molecular flexibility index (Phi) is 6.57. The van der Waals surface area contributed by atoms with Crippen LogP contribution in [-0.2, 0) is 20.9 Å². The van der Waals surface area contributed by atoms with Crippen molar-refractivity contribution in [2.75, 3.05) is 52.5 Å². The second kappa shape index (κ2) is 9.09. The van der Waals surface area contributed by atoms with Crippen LogP contribution in [0.5, 0.6) is 0 Å². The van der Waals surface area contributed by atoms with Crippen LogP contribution in [-0.4, -0.2) is 84.0 Å². The number of hydrogen-bond acceptors (Lipinski definition) is 5. The number of nitrogens with zero attached hydrogens (tertiary/aromatic N) is 4. The zero-order valence-corrected chi connectivity index (χ0v) is 15.5. The number of carbonyl (C=O) groups is 2. The van der Waals surface area contributed by atoms with Crippen molar-refractivity contribution in [3.05, 3.63) is 30.1 Å². The van der Waals surface area contributed by atoms with Gasteiger partial charge in [0.05, 0.1) is 12.5 Å². The lowest BCUT2D eigenvalue weighted by Gasteiger charge is -2.35. The van der Waals surface area contributed by atoms with Crippen molar-refractivity contribution in [2.24, 2.45) is 5.92 Å². The maximum absolute atomic E-state index is 12.8. The Morgan fingerprint density at radius 3 is 2.81 bits per heavy atom. The highest BCUT2D eigenvalue weighted by atomic mass is 16.5. The van der Waals surface area contributed by atoms with Gasteiger partial charge < -0.3 is 14.5 Å². The molecule has 1 atom stereocenters. The van der Waals surface area contributed by atoms with Crippen LogP contribution >= 0.6 is 0 Å². The van der Waals surface area contributed by atoms with Gasteiger partial charge in [-0.3, -0.25) is 19.5 Å². The third-order valence-corrected chi connectivity index (χ3v) is 5.10. The Hall–Kier alpha value is -1.99. The van der Waals surface area contributed by atoms with Crippen molar-refractivity contribution < 1.29 is 14.3 Å². The molecule has 2 amide bonds. The summed E-state index contributed by atoms with van der Waals surface area (Å²) in [6.45, 7) is 8.65. The van der Waals surface area contributed by atoms with E-state index in [-0.39, 0.29) is 17.7 Å². The standard InChI is InChI=1S/C19H28N4O3/c1-2-26-11-10-21-6-8-22(9-7-21)19(25)17-12-18(24)23(15-17)14-16-4-3-5-20-13-16/h3-5,13,17H,2,6-12,14-15H2,1H3/t17-/m1/s1. The summed E-state index contributed by atoms with van der Waals surface area (Å²) in [6.07, 6.45) is 3.81. The molecule has 7 heteroatoms. The topological polar surface area (TPSA) is 66.0 Å². The molecule has 3 rings (SSSR count). The zero-order valence-electron chi connectivity index (χ0n) is 15.5. The number of aromatic nitrogens is 1. The molecule has 7 nitrogen and oxygen atoms in total. The summed E-state index contributed by atoms with van der Waals surface area (Å²) >= 11 is 0. The van der Waals surface area contributed by atoms with Gasteiger partial charge in [0.25, 0.3) is 0 Å². The minimum Gasteiger partial charge on any atom is -0.380 e. The van der Waals surface area contributed by atoms with Crippen molar-refractivity contribution in [3.63, 3.8) is 0 Å². The molecule has 0 saturated carbocycles. The Balaban J connectivity index is 1.46. The Morgan fingerprint density at radius 2 is 2.12 bits per heavy atom. The number of likely N-dealkylation sites (tertiary alicyclic amines) is 1. The van der Waals surface area contributed by atoms with Crippen molar-refractivity contribution in [2.45, 2.75) is 19.9 Å². The Bertz CT molecular complexity index is 602. The van der Waals surface area contributed by atoms with Crippen molar-refractivity contribution in [3.8, 4) is 0 Å². The lowest BCUT2D eigenvalue weighted by atomic mass is 10.1. The molecule has 0 spiro atoms. The SMILES string of the molecule is CCOCCN1CCN(C(=O)[C@@H]2CC(=O)N(Cc3cccnc3)C2)CC1. The van der Waals surface area contributed by atoms with Gasteiger partial charge in [-0.25, -0.2) is 0 Å². The predicted octanol–water partition coefficient (Wildman–Crippen LogP) is 0.611. The van der Waals surface area contributed by atoms with Gasteiger partial charge in [0.2, 0.25) is 11.8 Å². The van der Waals surface area contributed by atoms with Crippen LogP contribution in [0.1, 0.15) is 18.9 Å². The first-order valence-electron chi connectivity index (χ1n) is 9.43. The van der Waals surface area contributed by atoms with Gasteiger partial charge in [-0.05, 0) is 18.6 Å². The largest absolute Gasteiger partial charge is 0.380 e. The van der Waals surface area contributed by atoms with E-state index in [0.717, 1.165) is 51.5 Å². The lowest BCUT2D eigenvalue weighted by Crippen LogP contribution is -2.51.